The van der Waals surface area contributed by atoms with Crippen molar-refractivity contribution in [2.24, 2.45) is 0 Å². The lowest BCUT2D eigenvalue weighted by atomic mass is 9.91. The maximum absolute atomic E-state index is 12.6. The van der Waals surface area contributed by atoms with Gasteiger partial charge in [0, 0.05) is 56.4 Å². The zero-order valence-electron chi connectivity index (χ0n) is 18.6. The molecule has 1 aliphatic carbocycles. The Bertz CT molecular complexity index is 878. The Kier molecular flexibility index (Phi) is 7.14. The first-order chi connectivity index (χ1) is 15.2. The third-order valence-electron chi connectivity index (χ3n) is 6.74. The van der Waals surface area contributed by atoms with Gasteiger partial charge in [-0.1, -0.05) is 13.3 Å². The molecule has 1 aromatic heterocycles. The van der Waals surface area contributed by atoms with Crippen molar-refractivity contribution in [3.63, 3.8) is 0 Å². The third kappa shape index (κ3) is 5.05. The number of carbonyl (C=O) groups is 1. The number of carbonyl (C=O) groups excluding carboxylic acids is 1. The van der Waals surface area contributed by atoms with Gasteiger partial charge in [-0.05, 0) is 49.1 Å². The molecule has 0 radical (unpaired) electrons. The highest BCUT2D eigenvalue weighted by atomic mass is 16.2. The van der Waals surface area contributed by atoms with Crippen molar-refractivity contribution in [2.75, 3.05) is 39.3 Å². The molecular formula is C24H35N6O+. The molecule has 31 heavy (non-hydrogen) atoms. The lowest BCUT2D eigenvalue weighted by molar-refractivity contribution is -0.132. The van der Waals surface area contributed by atoms with Gasteiger partial charge in [0.25, 0.3) is 0 Å². The van der Waals surface area contributed by atoms with E-state index in [9.17, 15) is 4.79 Å². The van der Waals surface area contributed by atoms with Crippen LogP contribution >= 0.6 is 0 Å². The molecule has 3 N–H and O–H groups in total. The molecule has 1 aromatic carbocycles. The second-order valence-electron chi connectivity index (χ2n) is 8.57. The van der Waals surface area contributed by atoms with E-state index < -0.39 is 0 Å². The van der Waals surface area contributed by atoms with Gasteiger partial charge in [-0.25, -0.2) is 4.68 Å². The summed E-state index contributed by atoms with van der Waals surface area (Å²) in [6.07, 6.45) is 9.35. The fourth-order valence-corrected chi connectivity index (χ4v) is 4.52. The van der Waals surface area contributed by atoms with Crippen LogP contribution in [0, 0.1) is 0 Å². The van der Waals surface area contributed by atoms with E-state index in [0.29, 0.717) is 6.54 Å². The van der Waals surface area contributed by atoms with Gasteiger partial charge in [0.15, 0.2) is 6.21 Å². The van der Waals surface area contributed by atoms with Crippen molar-refractivity contribution in [3.05, 3.63) is 47.3 Å². The van der Waals surface area contributed by atoms with Crippen molar-refractivity contribution in [2.45, 2.75) is 45.1 Å². The van der Waals surface area contributed by atoms with Gasteiger partial charge in [-0.15, -0.1) is 0 Å². The number of nitrogens with two attached hydrogens (primary N) is 1. The van der Waals surface area contributed by atoms with Crippen LogP contribution in [0.15, 0.2) is 30.5 Å². The molecule has 0 atom stereocenters. The van der Waals surface area contributed by atoms with Crippen LogP contribution in [0.1, 0.15) is 43.0 Å². The van der Waals surface area contributed by atoms with Crippen LogP contribution in [0.5, 0.6) is 0 Å². The van der Waals surface area contributed by atoms with Crippen LogP contribution in [0.4, 0.5) is 0 Å². The molecule has 7 heteroatoms. The van der Waals surface area contributed by atoms with E-state index in [1.165, 1.54) is 30.5 Å². The second kappa shape index (κ2) is 10.2. The number of hydrogen-bond donors (Lipinski definition) is 2. The van der Waals surface area contributed by atoms with Gasteiger partial charge in [0.2, 0.25) is 5.91 Å². The summed E-state index contributed by atoms with van der Waals surface area (Å²) < 4.78 is 2.00. The largest absolute Gasteiger partial charge is 0.339 e. The highest BCUT2D eigenvalue weighted by Gasteiger charge is 2.29. The summed E-state index contributed by atoms with van der Waals surface area (Å²) in [5.41, 5.74) is 4.46. The number of nitrogens with one attached hydrogen (secondary N) is 1. The van der Waals surface area contributed by atoms with E-state index in [4.69, 9.17) is 5.41 Å². The quantitative estimate of drug-likeness (QED) is 0.453. The zero-order chi connectivity index (χ0) is 21.6. The molecule has 2 aliphatic rings. The molecule has 166 valence electrons. The summed E-state index contributed by atoms with van der Waals surface area (Å²) in [5, 5.41) is 13.6. The van der Waals surface area contributed by atoms with Gasteiger partial charge in [0.1, 0.15) is 0 Å². The standard InChI is InChI=1S/C24H34N6O/c1-2-20-17-27-30(22-8-6-19(16-25)7-9-22)23(20)10-11-26-18-24(31)29-14-12-28(13-15-29)21-4-3-5-21/h6-9,16-17,21,25-26H,2-5,10-15,18H2,1H3/p+1. The summed E-state index contributed by atoms with van der Waals surface area (Å²) in [5.74, 6) is 0.214. The Balaban J connectivity index is 1.27. The van der Waals surface area contributed by atoms with Gasteiger partial charge in [-0.2, -0.15) is 5.10 Å². The number of piperazine rings is 1. The number of aromatic nitrogens is 2. The second-order valence-corrected chi connectivity index (χ2v) is 8.57. The van der Waals surface area contributed by atoms with Gasteiger partial charge >= 0.3 is 0 Å². The molecule has 1 saturated carbocycles. The van der Waals surface area contributed by atoms with E-state index in [0.717, 1.165) is 62.9 Å². The van der Waals surface area contributed by atoms with E-state index in [1.807, 2.05) is 40.0 Å². The first-order valence-corrected chi connectivity index (χ1v) is 11.6. The summed E-state index contributed by atoms with van der Waals surface area (Å²) >= 11 is 0. The third-order valence-corrected chi connectivity index (χ3v) is 6.74. The lowest BCUT2D eigenvalue weighted by Crippen LogP contribution is -2.54. The summed E-state index contributed by atoms with van der Waals surface area (Å²) in [6, 6.07) is 8.84. The maximum Gasteiger partial charge on any atom is 0.236 e. The van der Waals surface area contributed by atoms with Crippen LogP contribution in [0.25, 0.3) is 5.69 Å². The molecule has 2 aromatic rings. The molecule has 2 fully saturated rings. The predicted octanol–water partition coefficient (Wildman–Crippen LogP) is 0.442. The number of nitrogens with zero attached hydrogens (tertiary/aromatic N) is 4. The molecular weight excluding hydrogens is 388 g/mol. The molecule has 1 amide bonds. The molecule has 7 nitrogen and oxygen atoms in total. The van der Waals surface area contributed by atoms with Crippen molar-refractivity contribution >= 4 is 12.1 Å². The van der Waals surface area contributed by atoms with Crippen molar-refractivity contribution in [3.8, 4) is 5.69 Å². The first kappa shape index (κ1) is 21.7. The molecule has 1 aliphatic heterocycles. The minimum Gasteiger partial charge on any atom is -0.339 e. The number of hydrogen-bond acceptors (Lipinski definition) is 4. The Labute approximate surface area is 184 Å². The van der Waals surface area contributed by atoms with Crippen molar-refractivity contribution in [1.29, 1.82) is 0 Å². The Hall–Kier alpha value is -2.51. The highest BCUT2D eigenvalue weighted by Crippen LogP contribution is 2.25. The Morgan fingerprint density at radius 3 is 2.55 bits per heavy atom. The first-order valence-electron chi connectivity index (χ1n) is 11.6. The Morgan fingerprint density at radius 2 is 1.94 bits per heavy atom. The smallest absolute Gasteiger partial charge is 0.236 e. The van der Waals surface area contributed by atoms with Crippen LogP contribution < -0.4 is 10.7 Å². The molecule has 0 bridgehead atoms. The molecule has 1 saturated heterocycles. The topological polar surface area (TPSA) is 79.0 Å². The van der Waals surface area contributed by atoms with Gasteiger partial charge < -0.3 is 10.2 Å². The van der Waals surface area contributed by atoms with Crippen molar-refractivity contribution in [1.82, 2.24) is 24.9 Å². The Morgan fingerprint density at radius 1 is 1.19 bits per heavy atom. The van der Waals surface area contributed by atoms with Crippen LogP contribution in [-0.4, -0.2) is 77.0 Å². The fraction of sp³-hybridized carbons (Fsp3) is 0.542. The number of rotatable bonds is 9. The normalized spacial score (nSPS) is 17.5. The number of amides is 1. The lowest BCUT2D eigenvalue weighted by Gasteiger charge is -2.43. The fourth-order valence-electron chi connectivity index (χ4n) is 4.52. The predicted molar refractivity (Wildman–Crippen MR) is 122 cm³/mol. The number of benzene rings is 1. The van der Waals surface area contributed by atoms with E-state index in [-0.39, 0.29) is 5.91 Å². The van der Waals surface area contributed by atoms with Crippen molar-refractivity contribution < 1.29 is 10.2 Å². The maximum atomic E-state index is 12.6. The van der Waals surface area contributed by atoms with Crippen LogP contribution in [0.3, 0.4) is 0 Å². The van der Waals surface area contributed by atoms with E-state index in [2.05, 4.69) is 22.2 Å². The average Bonchev–Trinajstić information content (AvgIpc) is 3.19. The van der Waals surface area contributed by atoms with Crippen LogP contribution in [-0.2, 0) is 17.6 Å². The number of aryl methyl sites for hydroxylation is 1. The van der Waals surface area contributed by atoms with Crippen LogP contribution in [0.2, 0.25) is 0 Å². The monoisotopic (exact) mass is 423 g/mol. The summed E-state index contributed by atoms with van der Waals surface area (Å²) in [4.78, 5) is 17.2. The van der Waals surface area contributed by atoms with Gasteiger partial charge in [-0.3, -0.25) is 15.1 Å². The summed E-state index contributed by atoms with van der Waals surface area (Å²) in [7, 11) is 0. The van der Waals surface area contributed by atoms with E-state index in [1.54, 1.807) is 6.21 Å². The highest BCUT2D eigenvalue weighted by molar-refractivity contribution is 5.78. The minimum atomic E-state index is 0.214. The molecule has 2 heterocycles. The van der Waals surface area contributed by atoms with E-state index >= 15 is 0 Å². The molecule has 0 spiro atoms. The molecule has 4 rings (SSSR count). The zero-order valence-corrected chi connectivity index (χ0v) is 18.6. The average molecular weight is 424 g/mol. The summed E-state index contributed by atoms with van der Waals surface area (Å²) in [6.45, 7) is 7.07. The van der Waals surface area contributed by atoms with Gasteiger partial charge in [0.05, 0.1) is 18.4 Å². The minimum absolute atomic E-state index is 0.214. The SMILES string of the molecule is CCc1cnn(-c2ccc(C=[NH2+])cc2)c1CCNCC(=O)N1CCN(C2CCC2)CC1. The molecule has 0 unspecified atom stereocenters.